The highest BCUT2D eigenvalue weighted by molar-refractivity contribution is 5.88. The van der Waals surface area contributed by atoms with E-state index in [4.69, 9.17) is 14.2 Å². The number of carbonyl (C=O) groups is 1. The maximum atomic E-state index is 11.5. The van der Waals surface area contributed by atoms with Crippen LogP contribution in [0.2, 0.25) is 0 Å². The minimum atomic E-state index is -0.214. The third-order valence-corrected chi connectivity index (χ3v) is 2.87. The van der Waals surface area contributed by atoms with Gasteiger partial charge in [-0.3, -0.25) is 0 Å². The molecule has 0 N–H and O–H groups in total. The van der Waals surface area contributed by atoms with E-state index >= 15 is 0 Å². The second kappa shape index (κ2) is 9.11. The summed E-state index contributed by atoms with van der Waals surface area (Å²) in [5, 5.41) is 0. The Morgan fingerprint density at radius 2 is 2.22 bits per heavy atom. The van der Waals surface area contributed by atoms with E-state index in [0.717, 1.165) is 31.4 Å². The molecule has 1 rings (SSSR count). The maximum Gasteiger partial charge on any atom is 0.333 e. The number of hydrogen-bond donors (Lipinski definition) is 0. The molecule has 4 heteroatoms. The Labute approximate surface area is 109 Å². The summed E-state index contributed by atoms with van der Waals surface area (Å²) in [5.74, 6) is -0.214. The fourth-order valence-electron chi connectivity index (χ4n) is 1.87. The van der Waals surface area contributed by atoms with Gasteiger partial charge in [0.2, 0.25) is 0 Å². The fraction of sp³-hybridized carbons (Fsp3) is 0.786. The number of rotatable bonds is 7. The Morgan fingerprint density at radius 1 is 1.39 bits per heavy atom. The molecule has 0 aromatic rings. The van der Waals surface area contributed by atoms with Crippen LogP contribution in [0, 0.1) is 0 Å². The van der Waals surface area contributed by atoms with E-state index in [2.05, 4.69) is 0 Å². The molecule has 4 nitrogen and oxygen atoms in total. The van der Waals surface area contributed by atoms with Crippen LogP contribution in [0.15, 0.2) is 11.6 Å². The fourth-order valence-corrected chi connectivity index (χ4v) is 1.87. The van der Waals surface area contributed by atoms with Crippen molar-refractivity contribution in [3.63, 3.8) is 0 Å². The Balaban J connectivity index is 2.22. The van der Waals surface area contributed by atoms with Crippen molar-refractivity contribution >= 4 is 5.97 Å². The van der Waals surface area contributed by atoms with Gasteiger partial charge in [-0.05, 0) is 39.0 Å². The number of hydrogen-bond acceptors (Lipinski definition) is 4. The van der Waals surface area contributed by atoms with Gasteiger partial charge in [-0.15, -0.1) is 0 Å². The van der Waals surface area contributed by atoms with Crippen molar-refractivity contribution in [1.29, 1.82) is 0 Å². The molecule has 1 unspecified atom stereocenters. The molecule has 0 aliphatic carbocycles. The summed E-state index contributed by atoms with van der Waals surface area (Å²) in [6.07, 6.45) is 6.54. The normalized spacial score (nSPS) is 20.8. The first-order valence-corrected chi connectivity index (χ1v) is 6.87. The third-order valence-electron chi connectivity index (χ3n) is 2.87. The van der Waals surface area contributed by atoms with Crippen LogP contribution in [-0.4, -0.2) is 32.1 Å². The molecule has 0 radical (unpaired) electrons. The minimum absolute atomic E-state index is 0.0557. The van der Waals surface area contributed by atoms with Crippen LogP contribution in [0.1, 0.15) is 46.0 Å². The van der Waals surface area contributed by atoms with Crippen molar-refractivity contribution in [2.75, 3.05) is 19.8 Å². The van der Waals surface area contributed by atoms with Gasteiger partial charge >= 0.3 is 5.97 Å². The maximum absolute atomic E-state index is 11.5. The van der Waals surface area contributed by atoms with Crippen LogP contribution in [0.3, 0.4) is 0 Å². The first kappa shape index (κ1) is 15.2. The summed E-state index contributed by atoms with van der Waals surface area (Å²) >= 11 is 0. The first-order chi connectivity index (χ1) is 8.77. The van der Waals surface area contributed by atoms with Gasteiger partial charge < -0.3 is 14.2 Å². The molecule has 0 spiro atoms. The average molecular weight is 256 g/mol. The van der Waals surface area contributed by atoms with E-state index in [-0.39, 0.29) is 12.3 Å². The second-order valence-corrected chi connectivity index (χ2v) is 4.26. The highest BCUT2D eigenvalue weighted by Crippen LogP contribution is 2.14. The zero-order valence-corrected chi connectivity index (χ0v) is 11.4. The summed E-state index contributed by atoms with van der Waals surface area (Å²) in [6, 6.07) is 0. The summed E-state index contributed by atoms with van der Waals surface area (Å²) in [5.41, 5.74) is 0.727. The average Bonchev–Trinajstić information content (AvgIpc) is 2.40. The lowest BCUT2D eigenvalue weighted by Gasteiger charge is -2.22. The van der Waals surface area contributed by atoms with Crippen LogP contribution in [0.4, 0.5) is 0 Å². The zero-order valence-electron chi connectivity index (χ0n) is 11.4. The largest absolute Gasteiger partial charge is 0.463 e. The quantitative estimate of drug-likeness (QED) is 0.399. The van der Waals surface area contributed by atoms with Gasteiger partial charge in [-0.1, -0.05) is 13.0 Å². The van der Waals surface area contributed by atoms with E-state index in [1.807, 2.05) is 19.9 Å². The van der Waals surface area contributed by atoms with E-state index in [0.29, 0.717) is 19.6 Å². The number of ether oxygens (including phenoxy) is 3. The van der Waals surface area contributed by atoms with Crippen molar-refractivity contribution < 1.29 is 19.0 Å². The van der Waals surface area contributed by atoms with Gasteiger partial charge in [0.25, 0.3) is 0 Å². The van der Waals surface area contributed by atoms with Crippen molar-refractivity contribution in [2.45, 2.75) is 52.2 Å². The summed E-state index contributed by atoms with van der Waals surface area (Å²) < 4.78 is 16.0. The monoisotopic (exact) mass is 256 g/mol. The van der Waals surface area contributed by atoms with Crippen LogP contribution in [0.5, 0.6) is 0 Å². The molecule has 1 heterocycles. The summed E-state index contributed by atoms with van der Waals surface area (Å²) in [4.78, 5) is 11.5. The van der Waals surface area contributed by atoms with Crippen LogP contribution in [-0.2, 0) is 19.0 Å². The molecule has 1 saturated heterocycles. The molecule has 1 fully saturated rings. The minimum Gasteiger partial charge on any atom is -0.463 e. The van der Waals surface area contributed by atoms with Crippen molar-refractivity contribution in [3.8, 4) is 0 Å². The van der Waals surface area contributed by atoms with Gasteiger partial charge in [-0.25, -0.2) is 4.79 Å². The molecule has 1 atom stereocenters. The summed E-state index contributed by atoms with van der Waals surface area (Å²) in [6.45, 7) is 5.57. The summed E-state index contributed by atoms with van der Waals surface area (Å²) in [7, 11) is 0. The lowest BCUT2D eigenvalue weighted by molar-refractivity contribution is -0.161. The zero-order chi connectivity index (χ0) is 13.2. The van der Waals surface area contributed by atoms with Gasteiger partial charge in [-0.2, -0.15) is 0 Å². The molecular formula is C14H24O4. The number of carbonyl (C=O) groups excluding carboxylic acids is 1. The molecule has 18 heavy (non-hydrogen) atoms. The SMILES string of the molecule is CCOC(=O)/C(=C/CCOC1CCCCO1)CC. The topological polar surface area (TPSA) is 44.8 Å². The van der Waals surface area contributed by atoms with Crippen LogP contribution < -0.4 is 0 Å². The van der Waals surface area contributed by atoms with Crippen LogP contribution in [0.25, 0.3) is 0 Å². The molecule has 104 valence electrons. The predicted molar refractivity (Wildman–Crippen MR) is 69.2 cm³/mol. The van der Waals surface area contributed by atoms with Crippen molar-refractivity contribution in [2.24, 2.45) is 0 Å². The molecule has 0 bridgehead atoms. The predicted octanol–water partition coefficient (Wildman–Crippen LogP) is 2.82. The van der Waals surface area contributed by atoms with Crippen molar-refractivity contribution in [3.05, 3.63) is 11.6 Å². The molecule has 0 saturated carbocycles. The molecule has 1 aliphatic rings. The van der Waals surface area contributed by atoms with E-state index in [1.165, 1.54) is 6.42 Å². The Bertz CT molecular complexity index is 267. The lowest BCUT2D eigenvalue weighted by atomic mass is 10.1. The highest BCUT2D eigenvalue weighted by Gasteiger charge is 2.13. The van der Waals surface area contributed by atoms with E-state index < -0.39 is 0 Å². The van der Waals surface area contributed by atoms with Gasteiger partial charge in [0.15, 0.2) is 6.29 Å². The van der Waals surface area contributed by atoms with Gasteiger partial charge in [0.1, 0.15) is 0 Å². The van der Waals surface area contributed by atoms with E-state index in [9.17, 15) is 4.79 Å². The smallest absolute Gasteiger partial charge is 0.333 e. The molecule has 0 amide bonds. The lowest BCUT2D eigenvalue weighted by Crippen LogP contribution is -2.22. The second-order valence-electron chi connectivity index (χ2n) is 4.26. The third kappa shape index (κ3) is 5.65. The van der Waals surface area contributed by atoms with Gasteiger partial charge in [0.05, 0.1) is 13.2 Å². The molecular weight excluding hydrogens is 232 g/mol. The van der Waals surface area contributed by atoms with Crippen molar-refractivity contribution in [1.82, 2.24) is 0 Å². The molecule has 0 aromatic heterocycles. The van der Waals surface area contributed by atoms with Gasteiger partial charge in [0, 0.05) is 12.2 Å². The van der Waals surface area contributed by atoms with E-state index in [1.54, 1.807) is 0 Å². The Kier molecular flexibility index (Phi) is 7.69. The number of esters is 1. The molecule has 0 aromatic carbocycles. The Hall–Kier alpha value is -0.870. The Morgan fingerprint density at radius 3 is 2.83 bits per heavy atom. The first-order valence-electron chi connectivity index (χ1n) is 6.87. The van der Waals surface area contributed by atoms with Crippen LogP contribution >= 0.6 is 0 Å². The standard InChI is InChI=1S/C14H24O4/c1-3-12(14(15)16-4-2)8-7-11-18-13-9-5-6-10-17-13/h8,13H,3-7,9-11H2,1-2H3/b12-8+. The molecule has 1 aliphatic heterocycles. The highest BCUT2D eigenvalue weighted by atomic mass is 16.7.